The summed E-state index contributed by atoms with van der Waals surface area (Å²) in [6, 6.07) is 5.71. The van der Waals surface area contributed by atoms with Gasteiger partial charge in [-0.1, -0.05) is 39.8 Å². The number of aromatic hydroxyl groups is 1. The summed E-state index contributed by atoms with van der Waals surface area (Å²) < 4.78 is 13.2. The third-order valence-corrected chi connectivity index (χ3v) is 9.14. The second-order valence-corrected chi connectivity index (χ2v) is 12.6. The highest BCUT2D eigenvalue weighted by Gasteiger charge is 2.68. The van der Waals surface area contributed by atoms with Gasteiger partial charge in [-0.15, -0.1) is 0 Å². The van der Waals surface area contributed by atoms with E-state index < -0.39 is 19.1 Å². The van der Waals surface area contributed by atoms with Crippen molar-refractivity contribution in [3.63, 3.8) is 0 Å². The molecule has 1 saturated heterocycles. The molecular formula is C29H39BN4O5. The number of phenols is 1. The Morgan fingerprint density at radius 2 is 1.87 bits per heavy atom. The molecule has 9 nitrogen and oxygen atoms in total. The number of hydrogen-bond acceptors (Lipinski definition) is 7. The first-order chi connectivity index (χ1) is 18.5. The number of carbonyl (C=O) groups excluding carboxylic acids is 2. The zero-order chi connectivity index (χ0) is 27.9. The van der Waals surface area contributed by atoms with Crippen LogP contribution >= 0.6 is 0 Å². The van der Waals surface area contributed by atoms with Crippen LogP contribution in [-0.4, -0.2) is 57.7 Å². The molecule has 3 saturated carbocycles. The fourth-order valence-electron chi connectivity index (χ4n) is 6.83. The molecule has 4 aliphatic rings. The van der Waals surface area contributed by atoms with Crippen molar-refractivity contribution in [1.82, 2.24) is 20.6 Å². The third kappa shape index (κ3) is 5.41. The average molecular weight is 534 g/mol. The van der Waals surface area contributed by atoms with Gasteiger partial charge in [0.25, 0.3) is 5.91 Å². The molecule has 208 valence electrons. The molecule has 1 unspecified atom stereocenters. The fourth-order valence-corrected chi connectivity index (χ4v) is 6.83. The Morgan fingerprint density at radius 3 is 2.51 bits per heavy atom. The highest BCUT2D eigenvalue weighted by atomic mass is 16.7. The zero-order valence-corrected chi connectivity index (χ0v) is 23.4. The van der Waals surface area contributed by atoms with Crippen LogP contribution in [0.4, 0.5) is 0 Å². The van der Waals surface area contributed by atoms with Gasteiger partial charge in [-0.05, 0) is 67.1 Å². The molecule has 2 bridgehead atoms. The number of amides is 2. The minimum Gasteiger partial charge on any atom is -0.508 e. The molecular weight excluding hydrogens is 495 g/mol. The molecule has 0 spiro atoms. The molecule has 10 heteroatoms. The molecule has 6 rings (SSSR count). The van der Waals surface area contributed by atoms with E-state index in [4.69, 9.17) is 9.31 Å². The van der Waals surface area contributed by atoms with E-state index in [1.54, 1.807) is 24.3 Å². The molecule has 3 N–H and O–H groups in total. The zero-order valence-electron chi connectivity index (χ0n) is 23.4. The van der Waals surface area contributed by atoms with Crippen LogP contribution in [0.15, 0.2) is 42.9 Å². The smallest absolute Gasteiger partial charge is 0.481 e. The normalized spacial score (nSPS) is 28.3. The lowest BCUT2D eigenvalue weighted by Gasteiger charge is -2.64. The number of carbonyl (C=O) groups is 2. The summed E-state index contributed by atoms with van der Waals surface area (Å²) in [5.74, 6) is 0.268. The second-order valence-electron chi connectivity index (χ2n) is 12.6. The number of nitrogens with one attached hydrogen (secondary N) is 2. The maximum atomic E-state index is 13.8. The molecule has 4 fully saturated rings. The molecule has 6 atom stereocenters. The highest BCUT2D eigenvalue weighted by Crippen LogP contribution is 2.65. The molecule has 2 amide bonds. The summed E-state index contributed by atoms with van der Waals surface area (Å²) in [5.41, 5.74) is 0.761. The number of benzene rings is 1. The quantitative estimate of drug-likeness (QED) is 0.422. The van der Waals surface area contributed by atoms with E-state index in [-0.39, 0.29) is 52.8 Å². The Bertz CT molecular complexity index is 1190. The summed E-state index contributed by atoms with van der Waals surface area (Å²) in [6.07, 6.45) is 7.31. The van der Waals surface area contributed by atoms with Crippen LogP contribution in [0.2, 0.25) is 0 Å². The Labute approximate surface area is 230 Å². The van der Waals surface area contributed by atoms with E-state index in [0.717, 1.165) is 18.4 Å². The van der Waals surface area contributed by atoms with Crippen LogP contribution in [0, 0.1) is 23.2 Å². The van der Waals surface area contributed by atoms with Crippen molar-refractivity contribution in [2.24, 2.45) is 23.2 Å². The van der Waals surface area contributed by atoms with Crippen molar-refractivity contribution in [3.05, 3.63) is 54.1 Å². The summed E-state index contributed by atoms with van der Waals surface area (Å²) in [6.45, 7) is 11.0. The number of nitrogens with zero attached hydrogens (tertiary/aromatic N) is 2. The number of hydrogen-bond donors (Lipinski definition) is 3. The average Bonchev–Trinajstić information content (AvgIpc) is 3.26. The predicted molar refractivity (Wildman–Crippen MR) is 147 cm³/mol. The first-order valence-electron chi connectivity index (χ1n) is 14.0. The van der Waals surface area contributed by atoms with Gasteiger partial charge in [0.05, 0.1) is 23.8 Å². The van der Waals surface area contributed by atoms with Crippen molar-refractivity contribution < 1.29 is 24.0 Å². The van der Waals surface area contributed by atoms with Crippen LogP contribution in [-0.2, 0) is 20.5 Å². The molecule has 39 heavy (non-hydrogen) atoms. The van der Waals surface area contributed by atoms with Crippen molar-refractivity contribution in [2.75, 3.05) is 0 Å². The van der Waals surface area contributed by atoms with Gasteiger partial charge >= 0.3 is 7.12 Å². The number of phenolic OH excluding ortho intramolecular Hbond substituents is 1. The monoisotopic (exact) mass is 534 g/mol. The van der Waals surface area contributed by atoms with Gasteiger partial charge in [-0.3, -0.25) is 14.6 Å². The van der Waals surface area contributed by atoms with Gasteiger partial charge in [0, 0.05) is 18.8 Å². The molecule has 2 aromatic rings. The number of aromatic nitrogens is 2. The molecule has 1 aromatic carbocycles. The Morgan fingerprint density at radius 1 is 1.13 bits per heavy atom. The largest absolute Gasteiger partial charge is 0.508 e. The lowest BCUT2D eigenvalue weighted by atomic mass is 9.43. The van der Waals surface area contributed by atoms with Crippen molar-refractivity contribution in [1.29, 1.82) is 0 Å². The van der Waals surface area contributed by atoms with Crippen molar-refractivity contribution in [3.8, 4) is 5.75 Å². The summed E-state index contributed by atoms with van der Waals surface area (Å²) in [5, 5.41) is 15.7. The van der Waals surface area contributed by atoms with Gasteiger partial charge in [-0.25, -0.2) is 4.98 Å². The number of rotatable bonds is 9. The highest BCUT2D eigenvalue weighted by molar-refractivity contribution is 6.48. The first-order valence-corrected chi connectivity index (χ1v) is 14.0. The van der Waals surface area contributed by atoms with E-state index in [0.29, 0.717) is 18.3 Å². The van der Waals surface area contributed by atoms with Crippen LogP contribution in [0.1, 0.15) is 69.9 Å². The van der Waals surface area contributed by atoms with Gasteiger partial charge in [0.1, 0.15) is 17.5 Å². The standard InChI is InChI=1S/C29H39BN4O5/c1-17(2)12-25(30-38-24-15-19-14-23(28(19,3)4)29(24,5)39-30)34-26(36)21(13-18-6-8-20(35)9-7-18)33-27(37)22-16-31-10-11-32-22/h6-11,16-17,19,21,23-25,35H,12-15H2,1-5H3,(H,33,37)(H,34,36)/t19-,21-,23-,24?,25-,29-/m0/s1. The lowest BCUT2D eigenvalue weighted by Crippen LogP contribution is -2.65. The minimum absolute atomic E-state index is 0.00925. The van der Waals surface area contributed by atoms with E-state index in [1.165, 1.54) is 18.6 Å². The van der Waals surface area contributed by atoms with Gasteiger partial charge in [0.2, 0.25) is 5.91 Å². The minimum atomic E-state index is -0.885. The molecule has 1 aromatic heterocycles. The van der Waals surface area contributed by atoms with E-state index in [2.05, 4.69) is 55.2 Å². The summed E-state index contributed by atoms with van der Waals surface area (Å²) in [4.78, 5) is 34.8. The van der Waals surface area contributed by atoms with E-state index in [1.807, 2.05) is 0 Å². The second kappa shape index (κ2) is 10.5. The SMILES string of the molecule is CC(C)C[C@H](NC(=O)[C@H](Cc1ccc(O)cc1)NC(=O)c1cnccn1)B1OC2C[C@@H]3C[C@@H](C3(C)C)[C@]2(C)O1. The first kappa shape index (κ1) is 27.6. The topological polar surface area (TPSA) is 123 Å². The van der Waals surface area contributed by atoms with Crippen LogP contribution < -0.4 is 10.6 Å². The third-order valence-electron chi connectivity index (χ3n) is 9.14. The van der Waals surface area contributed by atoms with Crippen molar-refractivity contribution in [2.45, 2.75) is 84.0 Å². The Hall–Kier alpha value is -2.98. The van der Waals surface area contributed by atoms with Gasteiger partial charge < -0.3 is 25.0 Å². The van der Waals surface area contributed by atoms with Crippen LogP contribution in [0.3, 0.4) is 0 Å². The Balaban J connectivity index is 1.34. The summed E-state index contributed by atoms with van der Waals surface area (Å²) >= 11 is 0. The Kier molecular flexibility index (Phi) is 7.46. The summed E-state index contributed by atoms with van der Waals surface area (Å²) in [7, 11) is -0.563. The van der Waals surface area contributed by atoms with Gasteiger partial charge in [0.15, 0.2) is 0 Å². The van der Waals surface area contributed by atoms with Gasteiger partial charge in [-0.2, -0.15) is 0 Å². The lowest BCUT2D eigenvalue weighted by molar-refractivity contribution is -0.199. The predicted octanol–water partition coefficient (Wildman–Crippen LogP) is 3.32. The van der Waals surface area contributed by atoms with Crippen molar-refractivity contribution >= 4 is 18.9 Å². The molecule has 1 aliphatic heterocycles. The van der Waals surface area contributed by atoms with E-state index in [9.17, 15) is 14.7 Å². The maximum absolute atomic E-state index is 13.8. The molecule has 0 radical (unpaired) electrons. The maximum Gasteiger partial charge on any atom is 0.481 e. The van der Waals surface area contributed by atoms with Crippen LogP contribution in [0.25, 0.3) is 0 Å². The fraction of sp³-hybridized carbons (Fsp3) is 0.586. The van der Waals surface area contributed by atoms with Crippen LogP contribution in [0.5, 0.6) is 5.75 Å². The molecule has 3 aliphatic carbocycles. The van der Waals surface area contributed by atoms with E-state index >= 15 is 0 Å². The molecule has 2 heterocycles.